The summed E-state index contributed by atoms with van der Waals surface area (Å²) in [6, 6.07) is 12.0. The molecule has 0 aliphatic carbocycles. The number of ether oxygens (including phenoxy) is 1. The zero-order chi connectivity index (χ0) is 15.5. The molecule has 0 saturated carbocycles. The smallest absolute Gasteiger partial charge is 0.160 e. The van der Waals surface area contributed by atoms with Gasteiger partial charge in [0.2, 0.25) is 0 Å². The Kier molecular flexibility index (Phi) is 4.09. The zero-order valence-electron chi connectivity index (χ0n) is 13.3. The third kappa shape index (κ3) is 2.82. The molecule has 0 aliphatic heterocycles. The summed E-state index contributed by atoms with van der Waals surface area (Å²) in [6.45, 7) is 5.33. The van der Waals surface area contributed by atoms with E-state index in [1.807, 2.05) is 36.5 Å². The van der Waals surface area contributed by atoms with Crippen LogP contribution in [0.5, 0.6) is 5.75 Å². The second kappa shape index (κ2) is 6.18. The molecule has 0 aliphatic rings. The molecule has 0 unspecified atom stereocenters. The van der Waals surface area contributed by atoms with Gasteiger partial charge in [-0.2, -0.15) is 0 Å². The molecule has 0 spiro atoms. The number of methoxy groups -OCH3 is 1. The standard InChI is InChI=1S/C18H21N3O/c1-13(2)12-21-17(20-15-8-6-10-19-18(15)21)11-14-7-4-5-9-16(14)22-3/h4-10,13H,11-12H2,1-3H3. The Morgan fingerprint density at radius 1 is 1.14 bits per heavy atom. The first-order valence-corrected chi connectivity index (χ1v) is 7.61. The van der Waals surface area contributed by atoms with Crippen molar-refractivity contribution in [3.05, 3.63) is 54.0 Å². The fourth-order valence-electron chi connectivity index (χ4n) is 2.72. The first-order chi connectivity index (χ1) is 10.7. The molecule has 0 fully saturated rings. The summed E-state index contributed by atoms with van der Waals surface area (Å²) in [5, 5.41) is 0. The number of hydrogen-bond donors (Lipinski definition) is 0. The minimum Gasteiger partial charge on any atom is -0.496 e. The molecule has 0 saturated heterocycles. The van der Waals surface area contributed by atoms with Crippen molar-refractivity contribution in [1.82, 2.24) is 14.5 Å². The first-order valence-electron chi connectivity index (χ1n) is 7.61. The molecule has 0 N–H and O–H groups in total. The van der Waals surface area contributed by atoms with Crippen molar-refractivity contribution in [2.45, 2.75) is 26.8 Å². The Balaban J connectivity index is 2.06. The number of benzene rings is 1. The van der Waals surface area contributed by atoms with Gasteiger partial charge in [0.05, 0.1) is 7.11 Å². The van der Waals surface area contributed by atoms with Crippen LogP contribution in [0, 0.1) is 5.92 Å². The van der Waals surface area contributed by atoms with E-state index in [0.717, 1.165) is 41.3 Å². The van der Waals surface area contributed by atoms with Crippen molar-refractivity contribution in [3.63, 3.8) is 0 Å². The summed E-state index contributed by atoms with van der Waals surface area (Å²) in [7, 11) is 1.71. The van der Waals surface area contributed by atoms with Gasteiger partial charge >= 0.3 is 0 Å². The largest absolute Gasteiger partial charge is 0.496 e. The second-order valence-electron chi connectivity index (χ2n) is 5.87. The van der Waals surface area contributed by atoms with Crippen molar-refractivity contribution in [2.75, 3.05) is 7.11 Å². The summed E-state index contributed by atoms with van der Waals surface area (Å²) in [5.41, 5.74) is 3.06. The molecular formula is C18H21N3O. The van der Waals surface area contributed by atoms with Crippen molar-refractivity contribution in [3.8, 4) is 5.75 Å². The molecule has 2 aromatic heterocycles. The lowest BCUT2D eigenvalue weighted by Crippen LogP contribution is -2.10. The van der Waals surface area contributed by atoms with E-state index in [1.165, 1.54) is 0 Å². The van der Waals surface area contributed by atoms with Gasteiger partial charge in [-0.1, -0.05) is 32.0 Å². The summed E-state index contributed by atoms with van der Waals surface area (Å²) in [5.74, 6) is 2.47. The normalized spacial score (nSPS) is 11.3. The number of hydrogen-bond acceptors (Lipinski definition) is 3. The number of imidazole rings is 1. The molecule has 0 amide bonds. The zero-order valence-corrected chi connectivity index (χ0v) is 13.3. The molecule has 4 nitrogen and oxygen atoms in total. The highest BCUT2D eigenvalue weighted by molar-refractivity contribution is 5.71. The molecule has 4 heteroatoms. The van der Waals surface area contributed by atoms with E-state index < -0.39 is 0 Å². The van der Waals surface area contributed by atoms with Gasteiger partial charge in [-0.15, -0.1) is 0 Å². The predicted octanol–water partition coefficient (Wildman–Crippen LogP) is 3.69. The van der Waals surface area contributed by atoms with Crippen LogP contribution in [0.15, 0.2) is 42.6 Å². The highest BCUT2D eigenvalue weighted by Crippen LogP contribution is 2.23. The van der Waals surface area contributed by atoms with Crippen LogP contribution < -0.4 is 4.74 Å². The van der Waals surface area contributed by atoms with Crippen LogP contribution in [0.1, 0.15) is 25.2 Å². The topological polar surface area (TPSA) is 39.9 Å². The van der Waals surface area contributed by atoms with Gasteiger partial charge in [-0.25, -0.2) is 9.97 Å². The molecule has 1 aromatic carbocycles. The molecule has 114 valence electrons. The van der Waals surface area contributed by atoms with Gasteiger partial charge < -0.3 is 9.30 Å². The fraction of sp³-hybridized carbons (Fsp3) is 0.333. The lowest BCUT2D eigenvalue weighted by atomic mass is 10.1. The van der Waals surface area contributed by atoms with Crippen LogP contribution in [-0.4, -0.2) is 21.6 Å². The van der Waals surface area contributed by atoms with E-state index in [2.05, 4.69) is 29.5 Å². The average molecular weight is 295 g/mol. The van der Waals surface area contributed by atoms with Gasteiger partial charge in [0.25, 0.3) is 0 Å². The van der Waals surface area contributed by atoms with E-state index in [1.54, 1.807) is 7.11 Å². The van der Waals surface area contributed by atoms with E-state index in [4.69, 9.17) is 9.72 Å². The predicted molar refractivity (Wildman–Crippen MR) is 88.2 cm³/mol. The maximum absolute atomic E-state index is 5.46. The minimum absolute atomic E-state index is 0.538. The first kappa shape index (κ1) is 14.6. The summed E-state index contributed by atoms with van der Waals surface area (Å²) in [4.78, 5) is 9.29. The molecule has 0 radical (unpaired) electrons. The van der Waals surface area contributed by atoms with Gasteiger partial charge in [-0.05, 0) is 24.1 Å². The number of fused-ring (bicyclic) bond motifs is 1. The Morgan fingerprint density at radius 2 is 1.95 bits per heavy atom. The molecule has 0 bridgehead atoms. The molecular weight excluding hydrogens is 274 g/mol. The highest BCUT2D eigenvalue weighted by atomic mass is 16.5. The van der Waals surface area contributed by atoms with Gasteiger partial charge in [-0.3, -0.25) is 0 Å². The Labute approximate surface area is 130 Å². The van der Waals surface area contributed by atoms with Gasteiger partial charge in [0.1, 0.15) is 17.1 Å². The van der Waals surface area contributed by atoms with Crippen molar-refractivity contribution >= 4 is 11.2 Å². The Hall–Kier alpha value is -2.36. The maximum atomic E-state index is 5.46. The van der Waals surface area contributed by atoms with Crippen molar-refractivity contribution in [2.24, 2.45) is 5.92 Å². The van der Waals surface area contributed by atoms with Crippen molar-refractivity contribution < 1.29 is 4.74 Å². The lowest BCUT2D eigenvalue weighted by Gasteiger charge is -2.12. The number of para-hydroxylation sites is 1. The van der Waals surface area contributed by atoms with E-state index >= 15 is 0 Å². The molecule has 22 heavy (non-hydrogen) atoms. The van der Waals surface area contributed by atoms with Crippen molar-refractivity contribution in [1.29, 1.82) is 0 Å². The van der Waals surface area contributed by atoms with Crippen LogP contribution in [0.2, 0.25) is 0 Å². The number of pyridine rings is 1. The van der Waals surface area contributed by atoms with Crippen LogP contribution >= 0.6 is 0 Å². The highest BCUT2D eigenvalue weighted by Gasteiger charge is 2.14. The SMILES string of the molecule is COc1ccccc1Cc1nc2cccnc2n1CC(C)C. The number of aromatic nitrogens is 3. The minimum atomic E-state index is 0.538. The monoisotopic (exact) mass is 295 g/mol. The second-order valence-corrected chi connectivity index (χ2v) is 5.87. The van der Waals surface area contributed by atoms with Crippen LogP contribution in [0.3, 0.4) is 0 Å². The number of nitrogens with zero attached hydrogens (tertiary/aromatic N) is 3. The lowest BCUT2D eigenvalue weighted by molar-refractivity contribution is 0.410. The van der Waals surface area contributed by atoms with Gasteiger partial charge in [0.15, 0.2) is 5.65 Å². The van der Waals surface area contributed by atoms with E-state index in [0.29, 0.717) is 5.92 Å². The van der Waals surface area contributed by atoms with Gasteiger partial charge in [0, 0.05) is 24.7 Å². The van der Waals surface area contributed by atoms with Crippen LogP contribution in [0.4, 0.5) is 0 Å². The molecule has 3 aromatic rings. The molecule has 2 heterocycles. The summed E-state index contributed by atoms with van der Waals surface area (Å²) in [6.07, 6.45) is 2.57. The third-order valence-electron chi connectivity index (χ3n) is 3.67. The van der Waals surface area contributed by atoms with Crippen LogP contribution in [-0.2, 0) is 13.0 Å². The van der Waals surface area contributed by atoms with E-state index in [9.17, 15) is 0 Å². The molecule has 3 rings (SSSR count). The fourth-order valence-corrected chi connectivity index (χ4v) is 2.72. The number of rotatable bonds is 5. The van der Waals surface area contributed by atoms with Crippen LogP contribution in [0.25, 0.3) is 11.2 Å². The van der Waals surface area contributed by atoms with E-state index in [-0.39, 0.29) is 0 Å². The summed E-state index contributed by atoms with van der Waals surface area (Å²) < 4.78 is 7.69. The quantitative estimate of drug-likeness (QED) is 0.720. The average Bonchev–Trinajstić information content (AvgIpc) is 2.85. The Morgan fingerprint density at radius 3 is 2.73 bits per heavy atom. The third-order valence-corrected chi connectivity index (χ3v) is 3.67. The Bertz CT molecular complexity index is 777. The maximum Gasteiger partial charge on any atom is 0.160 e. The summed E-state index contributed by atoms with van der Waals surface area (Å²) >= 11 is 0. The molecule has 0 atom stereocenters.